The van der Waals surface area contributed by atoms with Crippen LogP contribution in [0.25, 0.3) is 11.1 Å². The van der Waals surface area contributed by atoms with E-state index in [2.05, 4.69) is 17.4 Å². The number of piperidine rings is 1. The summed E-state index contributed by atoms with van der Waals surface area (Å²) in [6.07, 6.45) is -1.13. The van der Waals surface area contributed by atoms with Crippen molar-refractivity contribution >= 4 is 18.0 Å². The van der Waals surface area contributed by atoms with E-state index in [-0.39, 0.29) is 49.2 Å². The highest BCUT2D eigenvalue weighted by Crippen LogP contribution is 2.51. The minimum absolute atomic E-state index is 0.0197. The number of hydrogen-bond acceptors (Lipinski definition) is 5. The molecule has 0 bridgehead atoms. The number of alkyl carbamates (subject to hydrolysis) is 1. The van der Waals surface area contributed by atoms with Crippen LogP contribution in [0.3, 0.4) is 0 Å². The molecule has 178 valence electrons. The van der Waals surface area contributed by atoms with E-state index in [0.717, 1.165) is 22.3 Å². The smallest absolute Gasteiger partial charge is 0.407 e. The van der Waals surface area contributed by atoms with Crippen molar-refractivity contribution in [1.29, 1.82) is 0 Å². The number of aliphatic hydroxyl groups excluding tert-OH is 1. The van der Waals surface area contributed by atoms with E-state index in [1.54, 1.807) is 4.90 Å². The first kappa shape index (κ1) is 22.4. The zero-order valence-electron chi connectivity index (χ0n) is 18.7. The van der Waals surface area contributed by atoms with Crippen molar-refractivity contribution in [1.82, 2.24) is 10.2 Å². The first-order chi connectivity index (χ1) is 16.4. The molecule has 1 heterocycles. The Morgan fingerprint density at radius 3 is 2.32 bits per heavy atom. The predicted octanol–water partition coefficient (Wildman–Crippen LogP) is 2.46. The van der Waals surface area contributed by atoms with Crippen LogP contribution in [-0.2, 0) is 14.3 Å². The lowest BCUT2D eigenvalue weighted by Gasteiger charge is -2.27. The molecule has 5 rings (SSSR count). The molecule has 2 aliphatic carbocycles. The summed E-state index contributed by atoms with van der Waals surface area (Å²) in [5.41, 5.74) is 4.52. The van der Waals surface area contributed by atoms with Crippen molar-refractivity contribution in [2.45, 2.75) is 24.9 Å². The van der Waals surface area contributed by atoms with Crippen LogP contribution in [0, 0.1) is 17.8 Å². The summed E-state index contributed by atoms with van der Waals surface area (Å²) in [4.78, 5) is 37.6. The molecule has 0 spiro atoms. The van der Waals surface area contributed by atoms with E-state index in [1.165, 1.54) is 0 Å². The van der Waals surface area contributed by atoms with Gasteiger partial charge in [0.2, 0.25) is 5.91 Å². The fraction of sp³-hybridized carbons (Fsp3) is 0.423. The summed E-state index contributed by atoms with van der Waals surface area (Å²) in [5, 5.41) is 22.0. The molecule has 8 nitrogen and oxygen atoms in total. The maximum Gasteiger partial charge on any atom is 0.407 e. The Morgan fingerprint density at radius 2 is 1.68 bits per heavy atom. The molecule has 34 heavy (non-hydrogen) atoms. The summed E-state index contributed by atoms with van der Waals surface area (Å²) < 4.78 is 5.45. The van der Waals surface area contributed by atoms with Gasteiger partial charge in [0, 0.05) is 25.6 Å². The number of benzene rings is 2. The monoisotopic (exact) mass is 464 g/mol. The molecule has 0 aromatic heterocycles. The van der Waals surface area contributed by atoms with Gasteiger partial charge in [0.25, 0.3) is 0 Å². The zero-order chi connectivity index (χ0) is 23.8. The molecule has 0 radical (unpaired) electrons. The standard InChI is InChI=1S/C26H28N2O6/c29-15(11-23(30)28-10-9-20-21(13-28)24(20)25(31)32)12-27-26(33)34-14-22-18-7-3-1-5-16(18)17-6-2-4-8-19(17)22/h1-8,15,20-22,24,29H,9-14H2,(H,27,33)(H,31,32). The number of nitrogens with zero attached hydrogens (tertiary/aromatic N) is 1. The molecule has 1 saturated heterocycles. The number of nitrogens with one attached hydrogen (secondary N) is 1. The van der Waals surface area contributed by atoms with Gasteiger partial charge in [-0.25, -0.2) is 4.79 Å². The Bertz CT molecular complexity index is 1070. The summed E-state index contributed by atoms with van der Waals surface area (Å²) in [5.74, 6) is -1.23. The maximum atomic E-state index is 12.5. The van der Waals surface area contributed by atoms with Gasteiger partial charge in [-0.15, -0.1) is 0 Å². The highest BCUT2D eigenvalue weighted by Gasteiger charge is 2.57. The summed E-state index contributed by atoms with van der Waals surface area (Å²) in [7, 11) is 0. The minimum Gasteiger partial charge on any atom is -0.481 e. The van der Waals surface area contributed by atoms with Crippen LogP contribution >= 0.6 is 0 Å². The number of aliphatic hydroxyl groups is 1. The second-order valence-electron chi connectivity index (χ2n) is 9.38. The molecular weight excluding hydrogens is 436 g/mol. The number of carboxylic acid groups (broad SMARTS) is 1. The number of rotatable bonds is 7. The topological polar surface area (TPSA) is 116 Å². The molecule has 3 N–H and O–H groups in total. The predicted molar refractivity (Wildman–Crippen MR) is 123 cm³/mol. The van der Waals surface area contributed by atoms with Crippen LogP contribution in [0.2, 0.25) is 0 Å². The Kier molecular flexibility index (Phi) is 6.00. The molecule has 2 aromatic rings. The van der Waals surface area contributed by atoms with Gasteiger partial charge in [0.15, 0.2) is 0 Å². The summed E-state index contributed by atoms with van der Waals surface area (Å²) >= 11 is 0. The molecule has 2 fully saturated rings. The van der Waals surface area contributed by atoms with Crippen LogP contribution in [-0.4, -0.2) is 65.4 Å². The average molecular weight is 465 g/mol. The van der Waals surface area contributed by atoms with Crippen molar-refractivity contribution in [2.75, 3.05) is 26.2 Å². The molecule has 2 amide bonds. The van der Waals surface area contributed by atoms with Crippen LogP contribution < -0.4 is 5.32 Å². The number of carboxylic acids is 1. The van der Waals surface area contributed by atoms with Gasteiger partial charge in [-0.3, -0.25) is 9.59 Å². The lowest BCUT2D eigenvalue weighted by atomic mass is 9.98. The molecule has 1 saturated carbocycles. The summed E-state index contributed by atoms with van der Waals surface area (Å²) in [6, 6.07) is 16.1. The van der Waals surface area contributed by atoms with Gasteiger partial charge in [0.1, 0.15) is 6.61 Å². The van der Waals surface area contributed by atoms with Crippen molar-refractivity contribution in [2.24, 2.45) is 17.8 Å². The first-order valence-electron chi connectivity index (χ1n) is 11.7. The molecule has 8 heteroatoms. The maximum absolute atomic E-state index is 12.5. The quantitative estimate of drug-likeness (QED) is 0.580. The van der Waals surface area contributed by atoms with Crippen molar-refractivity contribution in [3.63, 3.8) is 0 Å². The number of fused-ring (bicyclic) bond motifs is 4. The van der Waals surface area contributed by atoms with Gasteiger partial charge in [-0.05, 0) is 40.5 Å². The van der Waals surface area contributed by atoms with Crippen LogP contribution in [0.5, 0.6) is 0 Å². The normalized spacial score (nSPS) is 23.3. The fourth-order valence-electron chi connectivity index (χ4n) is 5.58. The second-order valence-corrected chi connectivity index (χ2v) is 9.38. The molecule has 3 aliphatic rings. The highest BCUT2D eigenvalue weighted by atomic mass is 16.5. The van der Waals surface area contributed by atoms with Crippen LogP contribution in [0.15, 0.2) is 48.5 Å². The number of carbonyl (C=O) groups excluding carboxylic acids is 2. The lowest BCUT2D eigenvalue weighted by Crippen LogP contribution is -2.41. The van der Waals surface area contributed by atoms with E-state index in [1.807, 2.05) is 36.4 Å². The van der Waals surface area contributed by atoms with Crippen molar-refractivity contribution < 1.29 is 29.3 Å². The van der Waals surface area contributed by atoms with Gasteiger partial charge in [-0.1, -0.05) is 48.5 Å². The molecule has 2 aromatic carbocycles. The summed E-state index contributed by atoms with van der Waals surface area (Å²) in [6.45, 7) is 1.01. The van der Waals surface area contributed by atoms with Gasteiger partial charge in [-0.2, -0.15) is 0 Å². The van der Waals surface area contributed by atoms with Crippen molar-refractivity contribution in [3.05, 3.63) is 59.7 Å². The third kappa shape index (κ3) is 4.25. The first-order valence-corrected chi connectivity index (χ1v) is 11.7. The Labute approximate surface area is 197 Å². The number of ether oxygens (including phenoxy) is 1. The third-order valence-corrected chi connectivity index (χ3v) is 7.37. The molecule has 4 atom stereocenters. The van der Waals surface area contributed by atoms with E-state index in [0.29, 0.717) is 19.5 Å². The highest BCUT2D eigenvalue weighted by molar-refractivity contribution is 5.80. The molecule has 4 unspecified atom stereocenters. The Hall–Kier alpha value is -3.39. The van der Waals surface area contributed by atoms with E-state index >= 15 is 0 Å². The van der Waals surface area contributed by atoms with Crippen molar-refractivity contribution in [3.8, 4) is 11.1 Å². The second kappa shape index (κ2) is 9.10. The number of likely N-dealkylation sites (tertiary alicyclic amines) is 1. The Balaban J connectivity index is 1.08. The van der Waals surface area contributed by atoms with E-state index in [9.17, 15) is 24.6 Å². The number of aliphatic carboxylic acids is 1. The third-order valence-electron chi connectivity index (χ3n) is 7.37. The largest absolute Gasteiger partial charge is 0.481 e. The van der Waals surface area contributed by atoms with Gasteiger partial charge in [0.05, 0.1) is 18.4 Å². The Morgan fingerprint density at radius 1 is 1.03 bits per heavy atom. The van der Waals surface area contributed by atoms with E-state index < -0.39 is 18.2 Å². The number of amides is 2. The average Bonchev–Trinajstić information content (AvgIpc) is 3.49. The van der Waals surface area contributed by atoms with Gasteiger partial charge < -0.3 is 25.2 Å². The minimum atomic E-state index is -1.04. The zero-order valence-corrected chi connectivity index (χ0v) is 18.7. The van der Waals surface area contributed by atoms with E-state index in [4.69, 9.17) is 4.74 Å². The lowest BCUT2D eigenvalue weighted by molar-refractivity contribution is -0.139. The number of hydrogen-bond donors (Lipinski definition) is 3. The molecule has 1 aliphatic heterocycles. The van der Waals surface area contributed by atoms with Gasteiger partial charge >= 0.3 is 12.1 Å². The van der Waals surface area contributed by atoms with Crippen LogP contribution in [0.4, 0.5) is 4.79 Å². The SMILES string of the molecule is O=C(NCC(O)CC(=O)N1CCC2C(C1)C2C(=O)O)OCC1c2ccccc2-c2ccccc21. The fourth-order valence-corrected chi connectivity index (χ4v) is 5.58. The molecular formula is C26H28N2O6. The van der Waals surface area contributed by atoms with Crippen LogP contribution in [0.1, 0.15) is 29.9 Å². The number of carbonyl (C=O) groups is 3.